The first kappa shape index (κ1) is 16.3. The Kier molecular flexibility index (Phi) is 6.40. The summed E-state index contributed by atoms with van der Waals surface area (Å²) in [6.45, 7) is 4.28. The monoisotopic (exact) mass is 356 g/mol. The zero-order valence-corrected chi connectivity index (χ0v) is 15.1. The molecular weight excluding hydrogens is 332 g/mol. The van der Waals surface area contributed by atoms with E-state index in [-0.39, 0.29) is 0 Å². The zero-order valence-electron chi connectivity index (χ0n) is 12.7. The third-order valence-corrected chi connectivity index (χ3v) is 5.42. The Morgan fingerprint density at radius 2 is 2.20 bits per heavy atom. The van der Waals surface area contributed by atoms with Gasteiger partial charge in [-0.1, -0.05) is 28.1 Å². The van der Waals surface area contributed by atoms with Crippen molar-refractivity contribution in [2.75, 3.05) is 19.1 Å². The molecule has 1 N–H and O–H groups in total. The predicted molar refractivity (Wildman–Crippen MR) is 93.3 cm³/mol. The van der Waals surface area contributed by atoms with Crippen molar-refractivity contribution in [1.29, 1.82) is 0 Å². The molecule has 0 aliphatic heterocycles. The van der Waals surface area contributed by atoms with Crippen LogP contribution in [-0.2, 0) is 13.1 Å². The minimum atomic E-state index is 0.605. The molecule has 1 saturated carbocycles. The Balaban J connectivity index is 1.90. The van der Waals surface area contributed by atoms with Gasteiger partial charge < -0.3 is 5.32 Å². The summed E-state index contributed by atoms with van der Waals surface area (Å²) in [5, 5.41) is 3.56. The van der Waals surface area contributed by atoms with Crippen molar-refractivity contribution < 1.29 is 0 Å². The van der Waals surface area contributed by atoms with Crippen LogP contribution in [0.3, 0.4) is 0 Å². The van der Waals surface area contributed by atoms with Gasteiger partial charge in [0, 0.05) is 35.4 Å². The summed E-state index contributed by atoms with van der Waals surface area (Å²) in [6.07, 6.45) is 4.86. The molecule has 112 valence electrons. The third-order valence-electron chi connectivity index (χ3n) is 3.87. The largest absolute Gasteiger partial charge is 0.310 e. The molecule has 1 unspecified atom stereocenters. The van der Waals surface area contributed by atoms with E-state index >= 15 is 0 Å². The first-order chi connectivity index (χ1) is 9.60. The van der Waals surface area contributed by atoms with Gasteiger partial charge in [-0.3, -0.25) is 4.90 Å². The lowest BCUT2D eigenvalue weighted by Crippen LogP contribution is -2.30. The predicted octanol–water partition coefficient (Wildman–Crippen LogP) is 3.88. The van der Waals surface area contributed by atoms with Crippen molar-refractivity contribution in [2.24, 2.45) is 0 Å². The smallest absolute Gasteiger partial charge is 0.0245 e. The van der Waals surface area contributed by atoms with E-state index < -0.39 is 0 Å². The number of hydrogen-bond donors (Lipinski definition) is 1. The van der Waals surface area contributed by atoms with Gasteiger partial charge in [0.05, 0.1) is 0 Å². The van der Waals surface area contributed by atoms with E-state index in [1.165, 1.54) is 34.2 Å². The number of hydrogen-bond acceptors (Lipinski definition) is 3. The number of benzene rings is 1. The highest BCUT2D eigenvalue weighted by atomic mass is 79.9. The van der Waals surface area contributed by atoms with Crippen LogP contribution < -0.4 is 5.32 Å². The molecule has 0 amide bonds. The Bertz CT molecular complexity index is 434. The molecule has 0 bridgehead atoms. The van der Waals surface area contributed by atoms with Crippen LogP contribution >= 0.6 is 27.7 Å². The molecule has 1 atom stereocenters. The van der Waals surface area contributed by atoms with E-state index in [4.69, 9.17) is 0 Å². The van der Waals surface area contributed by atoms with Crippen molar-refractivity contribution in [3.8, 4) is 0 Å². The van der Waals surface area contributed by atoms with Crippen molar-refractivity contribution in [1.82, 2.24) is 10.2 Å². The van der Waals surface area contributed by atoms with Crippen LogP contribution in [0.2, 0.25) is 0 Å². The van der Waals surface area contributed by atoms with E-state index in [1.807, 2.05) is 11.8 Å². The van der Waals surface area contributed by atoms with Crippen molar-refractivity contribution >= 4 is 27.7 Å². The van der Waals surface area contributed by atoms with E-state index in [2.05, 4.69) is 64.6 Å². The molecule has 4 heteroatoms. The van der Waals surface area contributed by atoms with Gasteiger partial charge in [-0.15, -0.1) is 0 Å². The first-order valence-electron chi connectivity index (χ1n) is 7.30. The fourth-order valence-corrected chi connectivity index (χ4v) is 3.46. The van der Waals surface area contributed by atoms with Gasteiger partial charge in [-0.25, -0.2) is 0 Å². The quantitative estimate of drug-likeness (QED) is 0.760. The van der Waals surface area contributed by atoms with Gasteiger partial charge in [-0.05, 0) is 50.3 Å². The van der Waals surface area contributed by atoms with Gasteiger partial charge >= 0.3 is 0 Å². The van der Waals surface area contributed by atoms with Crippen LogP contribution in [0.1, 0.15) is 30.9 Å². The maximum absolute atomic E-state index is 3.73. The summed E-state index contributed by atoms with van der Waals surface area (Å²) in [4.78, 5) is 2.42. The molecule has 0 aromatic heterocycles. The second kappa shape index (κ2) is 7.83. The van der Waals surface area contributed by atoms with Crippen LogP contribution in [-0.4, -0.2) is 36.0 Å². The van der Waals surface area contributed by atoms with Crippen molar-refractivity contribution in [3.05, 3.63) is 33.8 Å². The molecule has 20 heavy (non-hydrogen) atoms. The first-order valence-corrected chi connectivity index (χ1v) is 9.48. The normalized spacial score (nSPS) is 16.6. The minimum absolute atomic E-state index is 0.605. The van der Waals surface area contributed by atoms with Crippen LogP contribution in [0.15, 0.2) is 22.7 Å². The molecule has 2 nitrogen and oxygen atoms in total. The highest BCUT2D eigenvalue weighted by Gasteiger charge is 2.20. The van der Waals surface area contributed by atoms with Crippen LogP contribution in [0.5, 0.6) is 0 Å². The van der Waals surface area contributed by atoms with Gasteiger partial charge in [0.25, 0.3) is 0 Å². The second-order valence-electron chi connectivity index (χ2n) is 5.80. The van der Waals surface area contributed by atoms with Gasteiger partial charge in [-0.2, -0.15) is 11.8 Å². The maximum atomic E-state index is 3.73. The SMILES string of the molecule is CSCC(C)N(C)Cc1ccc(CNC2CC2)cc1Br. The average Bonchev–Trinajstić information content (AvgIpc) is 3.23. The number of nitrogens with zero attached hydrogens (tertiary/aromatic N) is 1. The number of halogens is 1. The molecule has 0 heterocycles. The van der Waals surface area contributed by atoms with Crippen LogP contribution in [0, 0.1) is 0 Å². The Hall–Kier alpha value is -0.0300. The molecule has 0 radical (unpaired) electrons. The highest BCUT2D eigenvalue weighted by molar-refractivity contribution is 9.10. The molecule has 1 aromatic carbocycles. The fourth-order valence-electron chi connectivity index (χ4n) is 2.17. The lowest BCUT2D eigenvalue weighted by Gasteiger charge is -2.24. The summed E-state index contributed by atoms with van der Waals surface area (Å²) in [6, 6.07) is 8.15. The standard InChI is InChI=1S/C16H25BrN2S/c1-12(11-20-3)19(2)10-14-5-4-13(8-16(14)17)9-18-15-6-7-15/h4-5,8,12,15,18H,6-7,9-11H2,1-3H3. The summed E-state index contributed by atoms with van der Waals surface area (Å²) >= 11 is 5.64. The van der Waals surface area contributed by atoms with Gasteiger partial charge in [0.15, 0.2) is 0 Å². The number of nitrogens with one attached hydrogen (secondary N) is 1. The molecule has 1 aliphatic rings. The van der Waals surface area contributed by atoms with Crippen molar-refractivity contribution in [3.63, 3.8) is 0 Å². The number of thioether (sulfide) groups is 1. The molecule has 1 fully saturated rings. The summed E-state index contributed by atoms with van der Waals surface area (Å²) < 4.78 is 1.23. The lowest BCUT2D eigenvalue weighted by molar-refractivity contribution is 0.269. The van der Waals surface area contributed by atoms with Crippen LogP contribution in [0.25, 0.3) is 0 Å². The molecule has 1 aromatic rings. The maximum Gasteiger partial charge on any atom is 0.0245 e. The topological polar surface area (TPSA) is 15.3 Å². The lowest BCUT2D eigenvalue weighted by atomic mass is 10.1. The van der Waals surface area contributed by atoms with E-state index in [0.29, 0.717) is 6.04 Å². The Morgan fingerprint density at radius 1 is 1.45 bits per heavy atom. The molecule has 0 saturated heterocycles. The second-order valence-corrected chi connectivity index (χ2v) is 7.57. The number of rotatable bonds is 8. The van der Waals surface area contributed by atoms with E-state index in [1.54, 1.807) is 0 Å². The average molecular weight is 357 g/mol. The van der Waals surface area contributed by atoms with Gasteiger partial charge in [0.2, 0.25) is 0 Å². The van der Waals surface area contributed by atoms with E-state index in [0.717, 1.165) is 19.1 Å². The summed E-state index contributed by atoms with van der Waals surface area (Å²) in [5.41, 5.74) is 2.74. The zero-order chi connectivity index (χ0) is 14.5. The molecular formula is C16H25BrN2S. The molecule has 2 rings (SSSR count). The third kappa shape index (κ3) is 5.06. The molecule has 0 spiro atoms. The minimum Gasteiger partial charge on any atom is -0.310 e. The van der Waals surface area contributed by atoms with Crippen LogP contribution in [0.4, 0.5) is 0 Å². The Morgan fingerprint density at radius 3 is 2.80 bits per heavy atom. The highest BCUT2D eigenvalue weighted by Crippen LogP contribution is 2.23. The summed E-state index contributed by atoms with van der Waals surface area (Å²) in [5.74, 6) is 1.18. The Labute approximate surface area is 135 Å². The fraction of sp³-hybridized carbons (Fsp3) is 0.625. The van der Waals surface area contributed by atoms with Gasteiger partial charge in [0.1, 0.15) is 0 Å². The summed E-state index contributed by atoms with van der Waals surface area (Å²) in [7, 11) is 2.20. The van der Waals surface area contributed by atoms with Crippen molar-refractivity contribution in [2.45, 2.75) is 44.9 Å². The van der Waals surface area contributed by atoms with E-state index in [9.17, 15) is 0 Å². The molecule has 1 aliphatic carbocycles.